The maximum absolute atomic E-state index is 12.7. The van der Waals surface area contributed by atoms with E-state index in [1.807, 2.05) is 18.5 Å². The van der Waals surface area contributed by atoms with Crippen molar-refractivity contribution in [1.29, 1.82) is 5.41 Å². The summed E-state index contributed by atoms with van der Waals surface area (Å²) in [6, 6.07) is 4.45. The van der Waals surface area contributed by atoms with Gasteiger partial charge in [-0.25, -0.2) is 4.39 Å². The van der Waals surface area contributed by atoms with E-state index in [1.165, 1.54) is 0 Å². The summed E-state index contributed by atoms with van der Waals surface area (Å²) in [5.41, 5.74) is 2.71. The predicted octanol–water partition coefficient (Wildman–Crippen LogP) is 2.00. The number of hydrogen-bond acceptors (Lipinski definition) is 5. The minimum atomic E-state index is -0.716. The molecule has 1 unspecified atom stereocenters. The molecule has 0 spiro atoms. The Morgan fingerprint density at radius 1 is 1.50 bits per heavy atom. The molecule has 26 heavy (non-hydrogen) atoms. The average Bonchev–Trinajstić information content (AvgIpc) is 3.46. The normalized spacial score (nSPS) is 19.2. The number of carbonyl (C=O) groups is 1. The molecule has 1 atom stereocenters. The summed E-state index contributed by atoms with van der Waals surface area (Å²) in [5, 5.41) is 19.8. The van der Waals surface area contributed by atoms with Gasteiger partial charge < -0.3 is 14.8 Å². The maximum atomic E-state index is 12.7. The number of amidine groups is 1. The van der Waals surface area contributed by atoms with Gasteiger partial charge in [-0.05, 0) is 36.5 Å². The number of ether oxygens (including phenoxy) is 2. The van der Waals surface area contributed by atoms with Crippen LogP contribution in [0.1, 0.15) is 41.6 Å². The van der Waals surface area contributed by atoms with Crippen LogP contribution in [0, 0.1) is 10.8 Å². The van der Waals surface area contributed by atoms with E-state index in [0.29, 0.717) is 30.4 Å². The van der Waals surface area contributed by atoms with Crippen molar-refractivity contribution >= 4 is 11.7 Å². The van der Waals surface area contributed by atoms with Crippen molar-refractivity contribution in [2.75, 3.05) is 26.5 Å². The first-order valence-corrected chi connectivity index (χ1v) is 8.68. The molecular weight excluding hydrogens is 341 g/mol. The molecule has 1 amide bonds. The highest BCUT2D eigenvalue weighted by molar-refractivity contribution is 5.98. The van der Waals surface area contributed by atoms with Crippen LogP contribution >= 0.6 is 0 Å². The Balaban J connectivity index is 1.78. The minimum absolute atomic E-state index is 0.0537. The predicted molar refractivity (Wildman–Crippen MR) is 92.7 cm³/mol. The monoisotopic (exact) mass is 365 g/mol. The van der Waals surface area contributed by atoms with Crippen LogP contribution in [0.15, 0.2) is 18.2 Å². The highest BCUT2D eigenvalue weighted by Gasteiger charge is 2.44. The number of hydroxylamine groups is 1. The molecule has 2 aliphatic rings. The van der Waals surface area contributed by atoms with Crippen LogP contribution < -0.4 is 15.5 Å². The number of benzene rings is 1. The lowest BCUT2D eigenvalue weighted by molar-refractivity contribution is -0.109. The van der Waals surface area contributed by atoms with E-state index >= 15 is 0 Å². The smallest absolute Gasteiger partial charge is 0.252 e. The highest BCUT2D eigenvalue weighted by Crippen LogP contribution is 2.44. The van der Waals surface area contributed by atoms with Gasteiger partial charge in [0, 0.05) is 11.0 Å². The molecule has 0 radical (unpaired) electrons. The van der Waals surface area contributed by atoms with Gasteiger partial charge in [-0.2, -0.15) is 0 Å². The summed E-state index contributed by atoms with van der Waals surface area (Å²) >= 11 is 0. The van der Waals surface area contributed by atoms with Crippen LogP contribution in [-0.2, 0) is 4.74 Å². The summed E-state index contributed by atoms with van der Waals surface area (Å²) < 4.78 is 23.2. The van der Waals surface area contributed by atoms with Crippen LogP contribution in [0.25, 0.3) is 0 Å². The first kappa shape index (κ1) is 18.6. The van der Waals surface area contributed by atoms with Gasteiger partial charge in [0.05, 0.1) is 19.3 Å². The van der Waals surface area contributed by atoms with Gasteiger partial charge in [0.2, 0.25) is 0 Å². The van der Waals surface area contributed by atoms with Crippen molar-refractivity contribution in [3.8, 4) is 5.75 Å². The summed E-state index contributed by atoms with van der Waals surface area (Å²) in [6.07, 6.45) is 2.13. The van der Waals surface area contributed by atoms with Gasteiger partial charge in [-0.1, -0.05) is 13.0 Å². The zero-order valence-corrected chi connectivity index (χ0v) is 14.7. The molecule has 142 valence electrons. The van der Waals surface area contributed by atoms with Gasteiger partial charge >= 0.3 is 0 Å². The summed E-state index contributed by atoms with van der Waals surface area (Å²) in [6.45, 7) is 1.99. The van der Waals surface area contributed by atoms with Crippen LogP contribution in [0.3, 0.4) is 0 Å². The molecule has 2 fully saturated rings. The first-order chi connectivity index (χ1) is 12.5. The zero-order chi connectivity index (χ0) is 18.7. The Hall–Kier alpha value is -2.19. The van der Waals surface area contributed by atoms with E-state index in [9.17, 15) is 9.18 Å². The molecule has 7 nitrogen and oxygen atoms in total. The second kappa shape index (κ2) is 7.59. The molecule has 4 N–H and O–H groups in total. The fourth-order valence-electron chi connectivity index (χ4n) is 3.15. The van der Waals surface area contributed by atoms with Gasteiger partial charge in [0.15, 0.2) is 0 Å². The number of amides is 1. The Labute approximate surface area is 151 Å². The van der Waals surface area contributed by atoms with Crippen molar-refractivity contribution in [2.24, 2.45) is 5.41 Å². The molecular formula is C18H24FN3O4. The third-order valence-corrected chi connectivity index (χ3v) is 4.87. The minimum Gasteiger partial charge on any atom is -0.491 e. The van der Waals surface area contributed by atoms with Gasteiger partial charge in [-0.15, -0.1) is 0 Å². The van der Waals surface area contributed by atoms with E-state index < -0.39 is 24.0 Å². The summed E-state index contributed by atoms with van der Waals surface area (Å²) in [5.74, 6) is 0.346. The van der Waals surface area contributed by atoms with Crippen molar-refractivity contribution < 1.29 is 23.9 Å². The number of carbonyl (C=O) groups excluding carboxylic acids is 1. The van der Waals surface area contributed by atoms with Crippen LogP contribution in [0.2, 0.25) is 0 Å². The van der Waals surface area contributed by atoms with Crippen molar-refractivity contribution in [1.82, 2.24) is 10.8 Å². The van der Waals surface area contributed by atoms with Crippen molar-refractivity contribution in [3.63, 3.8) is 0 Å². The number of rotatable bonds is 8. The zero-order valence-electron chi connectivity index (χ0n) is 14.7. The van der Waals surface area contributed by atoms with Crippen LogP contribution in [-0.4, -0.2) is 49.5 Å². The second-order valence-corrected chi connectivity index (χ2v) is 7.14. The highest BCUT2D eigenvalue weighted by atomic mass is 19.1. The lowest BCUT2D eigenvalue weighted by Crippen LogP contribution is -2.61. The second-order valence-electron chi connectivity index (χ2n) is 7.14. The summed E-state index contributed by atoms with van der Waals surface area (Å²) in [7, 11) is 0. The molecule has 0 bridgehead atoms. The van der Waals surface area contributed by atoms with E-state index in [4.69, 9.17) is 20.1 Å². The number of halogens is 1. The van der Waals surface area contributed by atoms with Gasteiger partial charge in [0.25, 0.3) is 5.91 Å². The molecule has 1 saturated heterocycles. The Bertz CT molecular complexity index is 689. The van der Waals surface area contributed by atoms with Crippen LogP contribution in [0.5, 0.6) is 5.75 Å². The third-order valence-electron chi connectivity index (χ3n) is 4.87. The molecule has 1 saturated carbocycles. The van der Waals surface area contributed by atoms with Gasteiger partial charge in [0.1, 0.15) is 24.9 Å². The molecule has 1 aliphatic heterocycles. The molecule has 3 rings (SSSR count). The Kier molecular flexibility index (Phi) is 5.43. The molecule has 1 aliphatic carbocycles. The third kappa shape index (κ3) is 3.81. The van der Waals surface area contributed by atoms with Crippen molar-refractivity contribution in [3.05, 3.63) is 29.3 Å². The largest absolute Gasteiger partial charge is 0.491 e. The Morgan fingerprint density at radius 3 is 2.77 bits per heavy atom. The van der Waals surface area contributed by atoms with E-state index in [-0.39, 0.29) is 12.4 Å². The average molecular weight is 365 g/mol. The van der Waals surface area contributed by atoms with E-state index in [2.05, 4.69) is 5.32 Å². The number of alkyl halides is 1. The summed E-state index contributed by atoms with van der Waals surface area (Å²) in [4.78, 5) is 12.7. The van der Waals surface area contributed by atoms with E-state index in [1.54, 1.807) is 12.1 Å². The fourth-order valence-corrected chi connectivity index (χ4v) is 3.15. The Morgan fingerprint density at radius 2 is 2.23 bits per heavy atom. The van der Waals surface area contributed by atoms with Crippen molar-refractivity contribution in [2.45, 2.75) is 31.7 Å². The topological polar surface area (TPSA) is 104 Å². The number of nitrogens with one attached hydrogen (secondary N) is 3. The number of hydrogen-bond donors (Lipinski definition) is 4. The first-order valence-electron chi connectivity index (χ1n) is 8.68. The molecule has 8 heteroatoms. The van der Waals surface area contributed by atoms with Crippen LogP contribution in [0.4, 0.5) is 4.39 Å². The van der Waals surface area contributed by atoms with E-state index in [0.717, 1.165) is 18.4 Å². The standard InChI is InChI=1S/C18H24FN3O4/c1-18(9-25-10-18)15(16(20)22-24)21-17(23)12-4-5-13(11-2-3-11)14(8-12)26-7-6-19/h4-5,8,11,15,24H,2-3,6-7,9-10H2,1H3,(H2,20,22)(H,21,23). The fraction of sp³-hybridized carbons (Fsp3) is 0.556. The van der Waals surface area contributed by atoms with Gasteiger partial charge in [-0.3, -0.25) is 20.9 Å². The maximum Gasteiger partial charge on any atom is 0.252 e. The SMILES string of the molecule is CC1(C(NC(=O)c2ccc(C3CC3)c(OCCF)c2)C(=N)NO)COC1. The molecule has 0 aromatic heterocycles. The lowest BCUT2D eigenvalue weighted by atomic mass is 9.79. The quantitative estimate of drug-likeness (QED) is 0.321. The molecule has 1 heterocycles. The molecule has 1 aromatic rings. The lowest BCUT2D eigenvalue weighted by Gasteiger charge is -2.44. The molecule has 1 aromatic carbocycles.